The maximum absolute atomic E-state index is 12.5. The number of ether oxygens (including phenoxy) is 1. The molecule has 1 saturated heterocycles. The fourth-order valence-corrected chi connectivity index (χ4v) is 2.85. The highest BCUT2D eigenvalue weighted by Crippen LogP contribution is 2.23. The van der Waals surface area contributed by atoms with Crippen molar-refractivity contribution in [3.8, 4) is 11.5 Å². The van der Waals surface area contributed by atoms with Gasteiger partial charge < -0.3 is 9.64 Å². The molecule has 0 bridgehead atoms. The Balaban J connectivity index is 1.67. The van der Waals surface area contributed by atoms with Gasteiger partial charge in [0.1, 0.15) is 11.5 Å². The average Bonchev–Trinajstić information content (AvgIpc) is 2.56. The van der Waals surface area contributed by atoms with Crippen LogP contribution < -0.4 is 4.74 Å². The molecule has 0 N–H and O–H groups in total. The summed E-state index contributed by atoms with van der Waals surface area (Å²) in [5.74, 6) is 2.26. The average molecular weight is 295 g/mol. The predicted octanol–water partition coefficient (Wildman–Crippen LogP) is 4.35. The lowest BCUT2D eigenvalue weighted by Crippen LogP contribution is -2.39. The van der Waals surface area contributed by atoms with Gasteiger partial charge in [-0.15, -0.1) is 0 Å². The highest BCUT2D eigenvalue weighted by molar-refractivity contribution is 5.94. The largest absolute Gasteiger partial charge is 0.457 e. The lowest BCUT2D eigenvalue weighted by Gasteiger charge is -2.31. The van der Waals surface area contributed by atoms with Gasteiger partial charge in [0, 0.05) is 18.7 Å². The SMILES string of the molecule is CC1CCCN(C(=O)c2ccc(Oc3ccccc3)cc2)C1. The molecular formula is C19H21NO2. The van der Waals surface area contributed by atoms with Crippen molar-refractivity contribution >= 4 is 5.91 Å². The molecule has 0 aliphatic carbocycles. The maximum atomic E-state index is 12.5. The van der Waals surface area contributed by atoms with Crippen LogP contribution in [0.25, 0.3) is 0 Å². The number of likely N-dealkylation sites (tertiary alicyclic amines) is 1. The zero-order chi connectivity index (χ0) is 15.4. The fourth-order valence-electron chi connectivity index (χ4n) is 2.85. The second-order valence-electron chi connectivity index (χ2n) is 5.94. The van der Waals surface area contributed by atoms with Crippen LogP contribution >= 0.6 is 0 Å². The van der Waals surface area contributed by atoms with Crippen LogP contribution in [0.1, 0.15) is 30.1 Å². The summed E-state index contributed by atoms with van der Waals surface area (Å²) < 4.78 is 5.75. The van der Waals surface area contributed by atoms with Gasteiger partial charge in [0.2, 0.25) is 0 Å². The first-order chi connectivity index (χ1) is 10.7. The first-order valence-electron chi connectivity index (χ1n) is 7.84. The minimum absolute atomic E-state index is 0.123. The number of nitrogens with zero attached hydrogens (tertiary/aromatic N) is 1. The summed E-state index contributed by atoms with van der Waals surface area (Å²) in [6.07, 6.45) is 2.32. The second kappa shape index (κ2) is 6.65. The van der Waals surface area contributed by atoms with E-state index < -0.39 is 0 Å². The van der Waals surface area contributed by atoms with E-state index in [1.54, 1.807) is 0 Å². The first kappa shape index (κ1) is 14.6. The van der Waals surface area contributed by atoms with Crippen molar-refractivity contribution in [1.82, 2.24) is 4.90 Å². The number of benzene rings is 2. The van der Waals surface area contributed by atoms with Crippen LogP contribution in [0.3, 0.4) is 0 Å². The molecule has 1 aliphatic rings. The predicted molar refractivity (Wildman–Crippen MR) is 87.3 cm³/mol. The Labute approximate surface area is 131 Å². The lowest BCUT2D eigenvalue weighted by molar-refractivity contribution is 0.0683. The Kier molecular flexibility index (Phi) is 4.42. The number of hydrogen-bond acceptors (Lipinski definition) is 2. The number of para-hydroxylation sites is 1. The fraction of sp³-hybridized carbons (Fsp3) is 0.316. The quantitative estimate of drug-likeness (QED) is 0.842. The molecule has 3 rings (SSSR count). The first-order valence-corrected chi connectivity index (χ1v) is 7.84. The van der Waals surface area contributed by atoms with Gasteiger partial charge in [0.25, 0.3) is 5.91 Å². The molecule has 1 aliphatic heterocycles. The highest BCUT2D eigenvalue weighted by Gasteiger charge is 2.21. The number of carbonyl (C=O) groups is 1. The van der Waals surface area contributed by atoms with Gasteiger partial charge in [0.15, 0.2) is 0 Å². The van der Waals surface area contributed by atoms with E-state index in [1.807, 2.05) is 59.5 Å². The van der Waals surface area contributed by atoms with Crippen molar-refractivity contribution in [1.29, 1.82) is 0 Å². The van der Waals surface area contributed by atoms with Crippen LogP contribution in [0.15, 0.2) is 54.6 Å². The van der Waals surface area contributed by atoms with Crippen molar-refractivity contribution < 1.29 is 9.53 Å². The van der Waals surface area contributed by atoms with E-state index in [1.165, 1.54) is 6.42 Å². The minimum Gasteiger partial charge on any atom is -0.457 e. The lowest BCUT2D eigenvalue weighted by atomic mass is 9.99. The van der Waals surface area contributed by atoms with E-state index >= 15 is 0 Å². The van der Waals surface area contributed by atoms with Crippen LogP contribution in [0, 0.1) is 5.92 Å². The van der Waals surface area contributed by atoms with Crippen LogP contribution in [0.4, 0.5) is 0 Å². The summed E-state index contributed by atoms with van der Waals surface area (Å²) >= 11 is 0. The third-order valence-corrected chi connectivity index (χ3v) is 4.02. The topological polar surface area (TPSA) is 29.5 Å². The van der Waals surface area contributed by atoms with Crippen molar-refractivity contribution in [2.45, 2.75) is 19.8 Å². The Bertz CT molecular complexity index is 622. The molecule has 0 aromatic heterocycles. The normalized spacial score (nSPS) is 18.0. The molecule has 0 radical (unpaired) electrons. The standard InChI is InChI=1S/C19H21NO2/c1-15-6-5-13-20(14-15)19(21)16-9-11-18(12-10-16)22-17-7-3-2-4-8-17/h2-4,7-12,15H,5-6,13-14H2,1H3. The molecule has 114 valence electrons. The molecule has 3 nitrogen and oxygen atoms in total. The maximum Gasteiger partial charge on any atom is 0.253 e. The summed E-state index contributed by atoms with van der Waals surface area (Å²) in [4.78, 5) is 14.5. The summed E-state index contributed by atoms with van der Waals surface area (Å²) in [5, 5.41) is 0. The van der Waals surface area contributed by atoms with E-state index in [4.69, 9.17) is 4.74 Å². The molecule has 3 heteroatoms. The van der Waals surface area contributed by atoms with Crippen molar-refractivity contribution in [2.24, 2.45) is 5.92 Å². The van der Waals surface area contributed by atoms with Crippen LogP contribution in [0.2, 0.25) is 0 Å². The monoisotopic (exact) mass is 295 g/mol. The number of carbonyl (C=O) groups excluding carboxylic acids is 1. The van der Waals surface area contributed by atoms with Gasteiger partial charge in [-0.25, -0.2) is 0 Å². The highest BCUT2D eigenvalue weighted by atomic mass is 16.5. The summed E-state index contributed by atoms with van der Waals surface area (Å²) in [7, 11) is 0. The van der Waals surface area contributed by atoms with Gasteiger partial charge in [0.05, 0.1) is 0 Å². The number of rotatable bonds is 3. The van der Waals surface area contributed by atoms with Gasteiger partial charge in [-0.1, -0.05) is 25.1 Å². The molecule has 1 amide bonds. The number of amides is 1. The molecule has 2 aromatic carbocycles. The van der Waals surface area contributed by atoms with Gasteiger partial charge in [-0.3, -0.25) is 4.79 Å². The molecule has 1 fully saturated rings. The van der Waals surface area contributed by atoms with Crippen molar-refractivity contribution in [3.63, 3.8) is 0 Å². The summed E-state index contributed by atoms with van der Waals surface area (Å²) in [5.41, 5.74) is 0.731. The molecule has 22 heavy (non-hydrogen) atoms. The number of piperidine rings is 1. The smallest absolute Gasteiger partial charge is 0.253 e. The zero-order valence-electron chi connectivity index (χ0n) is 12.9. The van der Waals surface area contributed by atoms with E-state index in [0.29, 0.717) is 5.92 Å². The number of hydrogen-bond donors (Lipinski definition) is 0. The Morgan fingerprint density at radius 3 is 2.41 bits per heavy atom. The summed E-state index contributed by atoms with van der Waals surface area (Å²) in [6.45, 7) is 3.93. The van der Waals surface area contributed by atoms with Crippen molar-refractivity contribution in [2.75, 3.05) is 13.1 Å². The van der Waals surface area contributed by atoms with Crippen LogP contribution in [-0.2, 0) is 0 Å². The summed E-state index contributed by atoms with van der Waals surface area (Å²) in [6, 6.07) is 17.0. The zero-order valence-corrected chi connectivity index (χ0v) is 12.9. The Hall–Kier alpha value is -2.29. The van der Waals surface area contributed by atoms with E-state index in [-0.39, 0.29) is 5.91 Å². The van der Waals surface area contributed by atoms with E-state index in [0.717, 1.165) is 36.6 Å². The second-order valence-corrected chi connectivity index (χ2v) is 5.94. The van der Waals surface area contributed by atoms with Crippen LogP contribution in [-0.4, -0.2) is 23.9 Å². The van der Waals surface area contributed by atoms with Crippen LogP contribution in [0.5, 0.6) is 11.5 Å². The van der Waals surface area contributed by atoms with Crippen molar-refractivity contribution in [3.05, 3.63) is 60.2 Å². The Morgan fingerprint density at radius 1 is 1.05 bits per heavy atom. The van der Waals surface area contributed by atoms with E-state index in [2.05, 4.69) is 6.92 Å². The molecule has 1 atom stereocenters. The Morgan fingerprint density at radius 2 is 1.73 bits per heavy atom. The van der Waals surface area contributed by atoms with Gasteiger partial charge in [-0.2, -0.15) is 0 Å². The molecule has 0 saturated carbocycles. The molecule has 0 spiro atoms. The molecule has 1 unspecified atom stereocenters. The molecule has 1 heterocycles. The molecular weight excluding hydrogens is 274 g/mol. The third-order valence-electron chi connectivity index (χ3n) is 4.02. The molecule has 2 aromatic rings. The van der Waals surface area contributed by atoms with Gasteiger partial charge >= 0.3 is 0 Å². The van der Waals surface area contributed by atoms with Gasteiger partial charge in [-0.05, 0) is 55.2 Å². The van der Waals surface area contributed by atoms with E-state index in [9.17, 15) is 4.79 Å². The third kappa shape index (κ3) is 3.48. The minimum atomic E-state index is 0.123.